The third-order valence-electron chi connectivity index (χ3n) is 6.17. The minimum absolute atomic E-state index is 0.229. The molecule has 1 saturated heterocycles. The van der Waals surface area contributed by atoms with E-state index in [-0.39, 0.29) is 12.4 Å². The van der Waals surface area contributed by atoms with Crippen molar-refractivity contribution in [1.29, 1.82) is 0 Å². The number of aromatic nitrogens is 1. The topological polar surface area (TPSA) is 65.6 Å². The van der Waals surface area contributed by atoms with Gasteiger partial charge in [0.1, 0.15) is 24.2 Å². The third-order valence-corrected chi connectivity index (χ3v) is 6.17. The fraction of sp³-hybridized carbons (Fsp3) is 0.375. The maximum absolute atomic E-state index is 12.5. The lowest BCUT2D eigenvalue weighted by Crippen LogP contribution is -2.48. The van der Waals surface area contributed by atoms with Gasteiger partial charge < -0.3 is 19.7 Å². The number of benzene rings is 2. The first-order valence-corrected chi connectivity index (χ1v) is 10.2. The summed E-state index contributed by atoms with van der Waals surface area (Å²) in [5.74, 6) is 1.01. The number of aromatic amines is 1. The molecule has 0 amide bonds. The van der Waals surface area contributed by atoms with E-state index in [1.165, 1.54) is 0 Å². The summed E-state index contributed by atoms with van der Waals surface area (Å²) in [7, 11) is 0. The second-order valence-electron chi connectivity index (χ2n) is 7.96. The van der Waals surface area contributed by atoms with E-state index in [4.69, 9.17) is 4.74 Å². The highest BCUT2D eigenvalue weighted by atomic mass is 16.5. The lowest BCUT2D eigenvalue weighted by Gasteiger charge is -2.41. The second kappa shape index (κ2) is 8.39. The van der Waals surface area contributed by atoms with Crippen LogP contribution in [-0.2, 0) is 10.2 Å². The number of carbonyl (C=O) groups excluding carboxylic acids is 1. The molecule has 1 aromatic heterocycles. The highest BCUT2D eigenvalue weighted by molar-refractivity contribution is 5.88. The quantitative estimate of drug-likeness (QED) is 0.646. The standard InChI is InChI=1S/C24H28N2O3/c1-18(27)24(19-6-3-2-4-7-19)11-14-26(15-12-24)16-20(28)17-29-23-9-5-8-22-21(23)10-13-25-22/h2-10,13,20,25,28H,11-12,14-17H2,1H3/t20-/m0/s1. The molecule has 3 aromatic rings. The van der Waals surface area contributed by atoms with Crippen LogP contribution >= 0.6 is 0 Å². The van der Waals surface area contributed by atoms with Crippen LogP contribution in [0.25, 0.3) is 10.9 Å². The van der Waals surface area contributed by atoms with E-state index in [1.807, 2.05) is 48.7 Å². The molecule has 2 N–H and O–H groups in total. The number of likely N-dealkylation sites (tertiary alicyclic amines) is 1. The van der Waals surface area contributed by atoms with Crippen LogP contribution in [0, 0.1) is 0 Å². The van der Waals surface area contributed by atoms with E-state index in [0.29, 0.717) is 6.54 Å². The summed E-state index contributed by atoms with van der Waals surface area (Å²) in [4.78, 5) is 17.9. The molecule has 2 heterocycles. The van der Waals surface area contributed by atoms with Crippen LogP contribution < -0.4 is 4.74 Å². The van der Waals surface area contributed by atoms with E-state index in [1.54, 1.807) is 6.92 Å². The monoisotopic (exact) mass is 392 g/mol. The van der Waals surface area contributed by atoms with Gasteiger partial charge in [-0.25, -0.2) is 0 Å². The van der Waals surface area contributed by atoms with Crippen LogP contribution in [-0.4, -0.2) is 53.1 Å². The number of ether oxygens (including phenoxy) is 1. The number of hydrogen-bond donors (Lipinski definition) is 2. The van der Waals surface area contributed by atoms with Crippen molar-refractivity contribution in [3.63, 3.8) is 0 Å². The number of nitrogens with zero attached hydrogens (tertiary/aromatic N) is 1. The first kappa shape index (κ1) is 19.7. The summed E-state index contributed by atoms with van der Waals surface area (Å²) in [5, 5.41) is 11.5. The highest BCUT2D eigenvalue weighted by Gasteiger charge is 2.40. The zero-order valence-corrected chi connectivity index (χ0v) is 16.8. The Kier molecular flexibility index (Phi) is 5.69. The summed E-state index contributed by atoms with van der Waals surface area (Å²) in [6, 6.07) is 17.9. The van der Waals surface area contributed by atoms with Crippen molar-refractivity contribution in [2.45, 2.75) is 31.3 Å². The van der Waals surface area contributed by atoms with E-state index >= 15 is 0 Å². The Morgan fingerprint density at radius 2 is 1.90 bits per heavy atom. The number of fused-ring (bicyclic) bond motifs is 1. The molecule has 1 fully saturated rings. The number of β-amino-alcohol motifs (C(OH)–C–C–N with tert-alkyl or cyclic N) is 1. The molecule has 0 saturated carbocycles. The Hall–Kier alpha value is -2.63. The van der Waals surface area contributed by atoms with Crippen molar-refractivity contribution in [3.05, 3.63) is 66.4 Å². The molecule has 1 atom stereocenters. The molecule has 2 aromatic carbocycles. The molecule has 29 heavy (non-hydrogen) atoms. The van der Waals surface area contributed by atoms with Gasteiger partial charge in [-0.3, -0.25) is 4.79 Å². The number of rotatable bonds is 7. The Balaban J connectivity index is 1.33. The summed E-state index contributed by atoms with van der Waals surface area (Å²) < 4.78 is 5.88. The first-order chi connectivity index (χ1) is 14.1. The highest BCUT2D eigenvalue weighted by Crippen LogP contribution is 2.36. The van der Waals surface area contributed by atoms with Crippen molar-refractivity contribution in [3.8, 4) is 5.75 Å². The van der Waals surface area contributed by atoms with Crippen molar-refractivity contribution in [1.82, 2.24) is 9.88 Å². The van der Waals surface area contributed by atoms with Gasteiger partial charge in [-0.05, 0) is 56.6 Å². The molecular weight excluding hydrogens is 364 g/mol. The summed E-state index contributed by atoms with van der Waals surface area (Å²) in [5.41, 5.74) is 1.73. The molecule has 1 aliphatic heterocycles. The van der Waals surface area contributed by atoms with Crippen LogP contribution in [0.2, 0.25) is 0 Å². The van der Waals surface area contributed by atoms with Gasteiger partial charge in [0, 0.05) is 23.6 Å². The Bertz CT molecular complexity index is 958. The van der Waals surface area contributed by atoms with Crippen LogP contribution in [0.1, 0.15) is 25.3 Å². The SMILES string of the molecule is CC(=O)C1(c2ccccc2)CCN(C[C@H](O)COc2cccc3[nH]ccc23)CC1. The maximum atomic E-state index is 12.5. The molecule has 152 valence electrons. The number of carbonyl (C=O) groups is 1. The molecule has 1 aliphatic rings. The van der Waals surface area contributed by atoms with Gasteiger partial charge in [-0.2, -0.15) is 0 Å². The molecule has 4 rings (SSSR count). The number of hydrogen-bond acceptors (Lipinski definition) is 4. The van der Waals surface area contributed by atoms with Crippen molar-refractivity contribution in [2.24, 2.45) is 0 Å². The molecule has 0 radical (unpaired) electrons. The van der Waals surface area contributed by atoms with Gasteiger partial charge >= 0.3 is 0 Å². The van der Waals surface area contributed by atoms with Crippen molar-refractivity contribution in [2.75, 3.05) is 26.2 Å². The lowest BCUT2D eigenvalue weighted by molar-refractivity contribution is -0.124. The summed E-state index contributed by atoms with van der Waals surface area (Å²) >= 11 is 0. The molecule has 0 aliphatic carbocycles. The smallest absolute Gasteiger partial charge is 0.140 e. The average Bonchev–Trinajstić information content (AvgIpc) is 3.23. The minimum Gasteiger partial charge on any atom is -0.490 e. The van der Waals surface area contributed by atoms with Gasteiger partial charge in [-0.15, -0.1) is 0 Å². The maximum Gasteiger partial charge on any atom is 0.140 e. The first-order valence-electron chi connectivity index (χ1n) is 10.2. The predicted octanol–water partition coefficient (Wildman–Crippen LogP) is 3.53. The number of nitrogens with one attached hydrogen (secondary N) is 1. The lowest BCUT2D eigenvalue weighted by atomic mass is 9.70. The molecule has 5 heteroatoms. The van der Waals surface area contributed by atoms with E-state index in [0.717, 1.165) is 48.1 Å². The van der Waals surface area contributed by atoms with Crippen LogP contribution in [0.4, 0.5) is 0 Å². The van der Waals surface area contributed by atoms with Crippen LogP contribution in [0.3, 0.4) is 0 Å². The minimum atomic E-state index is -0.578. The van der Waals surface area contributed by atoms with E-state index in [2.05, 4.69) is 22.0 Å². The summed E-state index contributed by atoms with van der Waals surface area (Å²) in [6.45, 7) is 4.08. The molecule has 0 bridgehead atoms. The van der Waals surface area contributed by atoms with Crippen molar-refractivity contribution < 1.29 is 14.6 Å². The third kappa shape index (κ3) is 4.07. The fourth-order valence-electron chi connectivity index (χ4n) is 4.44. The van der Waals surface area contributed by atoms with Gasteiger partial charge in [0.15, 0.2) is 0 Å². The predicted molar refractivity (Wildman–Crippen MR) is 114 cm³/mol. The number of piperidine rings is 1. The van der Waals surface area contributed by atoms with E-state index in [9.17, 15) is 9.90 Å². The van der Waals surface area contributed by atoms with Crippen molar-refractivity contribution >= 4 is 16.7 Å². The largest absolute Gasteiger partial charge is 0.490 e. The second-order valence-corrected chi connectivity index (χ2v) is 7.96. The molecule has 0 spiro atoms. The van der Waals surface area contributed by atoms with Gasteiger partial charge in [0.2, 0.25) is 0 Å². The zero-order chi connectivity index (χ0) is 20.3. The normalized spacial score (nSPS) is 17.9. The number of Topliss-reactive ketones (excluding diaryl/α,β-unsaturated/α-hetero) is 1. The molecular formula is C24H28N2O3. The van der Waals surface area contributed by atoms with Crippen LogP contribution in [0.15, 0.2) is 60.8 Å². The van der Waals surface area contributed by atoms with Gasteiger partial charge in [0.25, 0.3) is 0 Å². The Morgan fingerprint density at radius 3 is 2.62 bits per heavy atom. The van der Waals surface area contributed by atoms with Gasteiger partial charge in [-0.1, -0.05) is 36.4 Å². The summed E-state index contributed by atoms with van der Waals surface area (Å²) in [6.07, 6.45) is 2.87. The average molecular weight is 392 g/mol. The molecule has 0 unspecified atom stereocenters. The van der Waals surface area contributed by atoms with Gasteiger partial charge in [0.05, 0.1) is 5.41 Å². The van der Waals surface area contributed by atoms with Crippen LogP contribution in [0.5, 0.6) is 5.75 Å². The zero-order valence-electron chi connectivity index (χ0n) is 16.8. The number of aliphatic hydroxyl groups excluding tert-OH is 1. The fourth-order valence-corrected chi connectivity index (χ4v) is 4.44. The number of ketones is 1. The number of aliphatic hydroxyl groups is 1. The number of H-pyrrole nitrogens is 1. The van der Waals surface area contributed by atoms with E-state index < -0.39 is 11.5 Å². The Labute approximate surface area is 171 Å². The molecule has 5 nitrogen and oxygen atoms in total. The Morgan fingerprint density at radius 1 is 1.14 bits per heavy atom.